The van der Waals surface area contributed by atoms with E-state index in [1.807, 2.05) is 12.3 Å². The van der Waals surface area contributed by atoms with Crippen LogP contribution in [0.5, 0.6) is 0 Å². The fraction of sp³-hybridized carbons (Fsp3) is 0.625. The number of anilines is 1. The summed E-state index contributed by atoms with van der Waals surface area (Å²) >= 11 is 0. The van der Waals surface area contributed by atoms with Crippen LogP contribution in [0.15, 0.2) is 18.3 Å². The predicted octanol–water partition coefficient (Wildman–Crippen LogP) is 2.00. The van der Waals surface area contributed by atoms with Gasteiger partial charge in [0.05, 0.1) is 5.69 Å². The molecule has 0 radical (unpaired) electrons. The highest BCUT2D eigenvalue weighted by molar-refractivity contribution is 5.73. The zero-order chi connectivity index (χ0) is 15.1. The largest absolute Gasteiger partial charge is 0.385 e. The van der Waals surface area contributed by atoms with Crippen molar-refractivity contribution >= 4 is 11.6 Å². The molecule has 2 N–H and O–H groups in total. The molecule has 0 saturated carbocycles. The maximum absolute atomic E-state index is 11.1. The first kappa shape index (κ1) is 15.8. The summed E-state index contributed by atoms with van der Waals surface area (Å²) in [7, 11) is 0. The van der Waals surface area contributed by atoms with Gasteiger partial charge in [-0.3, -0.25) is 14.7 Å². The average molecular weight is 290 g/mol. The van der Waals surface area contributed by atoms with Crippen molar-refractivity contribution < 1.29 is 4.79 Å². The molecular formula is C16H26N4O. The minimum absolute atomic E-state index is 0.0739. The first-order valence-corrected chi connectivity index (χ1v) is 7.85. The predicted molar refractivity (Wildman–Crippen MR) is 85.1 cm³/mol. The van der Waals surface area contributed by atoms with Gasteiger partial charge in [0.25, 0.3) is 0 Å². The molecule has 5 nitrogen and oxygen atoms in total. The van der Waals surface area contributed by atoms with Crippen molar-refractivity contribution in [1.82, 2.24) is 15.2 Å². The van der Waals surface area contributed by atoms with E-state index in [4.69, 9.17) is 0 Å². The molecule has 5 heteroatoms. The maximum atomic E-state index is 11.1. The molecule has 116 valence electrons. The van der Waals surface area contributed by atoms with Gasteiger partial charge in [0.1, 0.15) is 0 Å². The van der Waals surface area contributed by atoms with E-state index < -0.39 is 0 Å². The Morgan fingerprint density at radius 1 is 1.43 bits per heavy atom. The SMILES string of the molecule is CCCNc1ccnc(CN2CCC(NC(C)=O)CC2)c1. The highest BCUT2D eigenvalue weighted by Gasteiger charge is 2.19. The lowest BCUT2D eigenvalue weighted by atomic mass is 10.0. The van der Waals surface area contributed by atoms with Gasteiger partial charge in [-0.05, 0) is 31.4 Å². The van der Waals surface area contributed by atoms with Gasteiger partial charge in [0.15, 0.2) is 0 Å². The fourth-order valence-corrected chi connectivity index (χ4v) is 2.70. The molecule has 0 bridgehead atoms. The number of hydrogen-bond donors (Lipinski definition) is 2. The molecule has 2 heterocycles. The number of carbonyl (C=O) groups is 1. The second-order valence-corrected chi connectivity index (χ2v) is 5.71. The molecule has 1 saturated heterocycles. The summed E-state index contributed by atoms with van der Waals surface area (Å²) in [5.74, 6) is 0.0739. The Morgan fingerprint density at radius 3 is 2.86 bits per heavy atom. The lowest BCUT2D eigenvalue weighted by Crippen LogP contribution is -2.43. The normalized spacial score (nSPS) is 16.7. The van der Waals surface area contributed by atoms with Crippen LogP contribution in [-0.4, -0.2) is 41.5 Å². The first-order valence-electron chi connectivity index (χ1n) is 7.85. The highest BCUT2D eigenvalue weighted by atomic mass is 16.1. The standard InChI is InChI=1S/C16H26N4O/c1-3-7-17-15-4-8-18-16(11-15)12-20-9-5-14(6-10-20)19-13(2)21/h4,8,11,14H,3,5-7,9-10,12H2,1-2H3,(H,17,18)(H,19,21). The van der Waals surface area contributed by atoms with Crippen molar-refractivity contribution in [2.24, 2.45) is 0 Å². The smallest absolute Gasteiger partial charge is 0.217 e. The summed E-state index contributed by atoms with van der Waals surface area (Å²) in [6.07, 6.45) is 5.03. The van der Waals surface area contributed by atoms with Crippen LogP contribution < -0.4 is 10.6 Å². The van der Waals surface area contributed by atoms with Gasteiger partial charge in [-0.15, -0.1) is 0 Å². The number of hydrogen-bond acceptors (Lipinski definition) is 4. The number of piperidine rings is 1. The minimum Gasteiger partial charge on any atom is -0.385 e. The zero-order valence-electron chi connectivity index (χ0n) is 13.1. The Hall–Kier alpha value is -1.62. The molecule has 0 aromatic carbocycles. The third-order valence-corrected chi connectivity index (χ3v) is 3.78. The van der Waals surface area contributed by atoms with Crippen LogP contribution in [0, 0.1) is 0 Å². The Kier molecular flexibility index (Phi) is 5.99. The summed E-state index contributed by atoms with van der Waals surface area (Å²) < 4.78 is 0. The molecule has 0 unspecified atom stereocenters. The van der Waals surface area contributed by atoms with Crippen molar-refractivity contribution in [3.05, 3.63) is 24.0 Å². The number of likely N-dealkylation sites (tertiary alicyclic amines) is 1. The van der Waals surface area contributed by atoms with Crippen molar-refractivity contribution in [1.29, 1.82) is 0 Å². The van der Waals surface area contributed by atoms with Gasteiger partial charge >= 0.3 is 0 Å². The molecule has 1 amide bonds. The van der Waals surface area contributed by atoms with Gasteiger partial charge in [0, 0.05) is 51.0 Å². The summed E-state index contributed by atoms with van der Waals surface area (Å²) in [6.45, 7) is 7.65. The number of carbonyl (C=O) groups excluding carboxylic acids is 1. The number of aromatic nitrogens is 1. The zero-order valence-corrected chi connectivity index (χ0v) is 13.1. The van der Waals surface area contributed by atoms with Gasteiger partial charge in [-0.1, -0.05) is 6.92 Å². The molecule has 1 fully saturated rings. The number of amides is 1. The van der Waals surface area contributed by atoms with Crippen LogP contribution in [0.4, 0.5) is 5.69 Å². The van der Waals surface area contributed by atoms with E-state index in [9.17, 15) is 4.79 Å². The van der Waals surface area contributed by atoms with Crippen LogP contribution in [0.3, 0.4) is 0 Å². The van der Waals surface area contributed by atoms with Crippen LogP contribution in [0.1, 0.15) is 38.8 Å². The summed E-state index contributed by atoms with van der Waals surface area (Å²) in [4.78, 5) is 17.9. The molecule has 0 aliphatic carbocycles. The molecule has 21 heavy (non-hydrogen) atoms. The van der Waals surface area contributed by atoms with Crippen LogP contribution in [0.2, 0.25) is 0 Å². The van der Waals surface area contributed by atoms with Crippen molar-refractivity contribution in [3.63, 3.8) is 0 Å². The Bertz CT molecular complexity index is 455. The Balaban J connectivity index is 1.81. The topological polar surface area (TPSA) is 57.3 Å². The maximum Gasteiger partial charge on any atom is 0.217 e. The van der Waals surface area contributed by atoms with E-state index in [-0.39, 0.29) is 5.91 Å². The van der Waals surface area contributed by atoms with Crippen LogP contribution in [0.25, 0.3) is 0 Å². The van der Waals surface area contributed by atoms with Crippen molar-refractivity contribution in [2.75, 3.05) is 25.0 Å². The molecule has 1 aromatic heterocycles. The molecule has 0 atom stereocenters. The van der Waals surface area contributed by atoms with Gasteiger partial charge in [-0.25, -0.2) is 0 Å². The molecular weight excluding hydrogens is 264 g/mol. The van der Waals surface area contributed by atoms with E-state index in [1.54, 1.807) is 6.92 Å². The van der Waals surface area contributed by atoms with E-state index in [1.165, 1.54) is 0 Å². The Morgan fingerprint density at radius 2 is 2.19 bits per heavy atom. The van der Waals surface area contributed by atoms with Gasteiger partial charge < -0.3 is 10.6 Å². The van der Waals surface area contributed by atoms with Gasteiger partial charge in [0.2, 0.25) is 5.91 Å². The third-order valence-electron chi connectivity index (χ3n) is 3.78. The summed E-state index contributed by atoms with van der Waals surface area (Å²) in [5, 5.41) is 6.40. The second-order valence-electron chi connectivity index (χ2n) is 5.71. The van der Waals surface area contributed by atoms with Gasteiger partial charge in [-0.2, -0.15) is 0 Å². The average Bonchev–Trinajstić information content (AvgIpc) is 2.47. The Labute approximate surface area is 127 Å². The lowest BCUT2D eigenvalue weighted by Gasteiger charge is -2.31. The lowest BCUT2D eigenvalue weighted by molar-refractivity contribution is -0.119. The summed E-state index contributed by atoms with van der Waals surface area (Å²) in [5.41, 5.74) is 2.25. The van der Waals surface area contributed by atoms with E-state index in [0.29, 0.717) is 6.04 Å². The third kappa shape index (κ3) is 5.34. The highest BCUT2D eigenvalue weighted by Crippen LogP contribution is 2.15. The van der Waals surface area contributed by atoms with E-state index in [0.717, 1.165) is 56.8 Å². The van der Waals surface area contributed by atoms with Crippen LogP contribution >= 0.6 is 0 Å². The van der Waals surface area contributed by atoms with E-state index in [2.05, 4.69) is 33.5 Å². The van der Waals surface area contributed by atoms with Crippen molar-refractivity contribution in [3.8, 4) is 0 Å². The summed E-state index contributed by atoms with van der Waals surface area (Å²) in [6, 6.07) is 4.49. The molecule has 1 aromatic rings. The van der Waals surface area contributed by atoms with Crippen molar-refractivity contribution in [2.45, 2.75) is 45.7 Å². The molecule has 1 aliphatic rings. The number of pyridine rings is 1. The monoisotopic (exact) mass is 290 g/mol. The number of nitrogens with one attached hydrogen (secondary N) is 2. The first-order chi connectivity index (χ1) is 10.2. The quantitative estimate of drug-likeness (QED) is 0.841. The second kappa shape index (κ2) is 7.98. The molecule has 0 spiro atoms. The van der Waals surface area contributed by atoms with E-state index >= 15 is 0 Å². The molecule has 2 rings (SSSR count). The minimum atomic E-state index is 0.0739. The van der Waals surface area contributed by atoms with Crippen LogP contribution in [-0.2, 0) is 11.3 Å². The number of nitrogens with zero attached hydrogens (tertiary/aromatic N) is 2. The number of rotatable bonds is 6. The molecule has 1 aliphatic heterocycles. The fourth-order valence-electron chi connectivity index (χ4n) is 2.70.